The zero-order chi connectivity index (χ0) is 22.9. The Labute approximate surface area is 194 Å². The van der Waals surface area contributed by atoms with E-state index in [2.05, 4.69) is 21.5 Å². The van der Waals surface area contributed by atoms with Gasteiger partial charge in [-0.2, -0.15) is 15.0 Å². The fourth-order valence-corrected chi connectivity index (χ4v) is 4.23. The molecular weight excluding hydrogens is 438 g/mol. The van der Waals surface area contributed by atoms with E-state index in [4.69, 9.17) is 16.9 Å². The maximum absolute atomic E-state index is 12.8. The predicted molar refractivity (Wildman–Crippen MR) is 123 cm³/mol. The normalized spacial score (nSPS) is 14.5. The molecule has 2 N–H and O–H groups in total. The van der Waals surface area contributed by atoms with Gasteiger partial charge in [0.2, 0.25) is 5.88 Å². The standard InChI is InChI=1S/C25H18ClN5O2/c26-19-8-5-16-6-9-22(20(16)11-19)30-24(32)18-7-10-23(28-13-18)31-25(33)21(14-29-31)17-3-1-15(12-27)2-4-17/h1-5,7-8,10-11,13-14,22,33H,6,9H2,(H,30,32). The largest absolute Gasteiger partial charge is 0.493 e. The molecule has 2 heterocycles. The van der Waals surface area contributed by atoms with Gasteiger partial charge in [-0.15, -0.1) is 0 Å². The number of rotatable bonds is 4. The third kappa shape index (κ3) is 3.93. The van der Waals surface area contributed by atoms with Crippen molar-refractivity contribution < 1.29 is 9.90 Å². The molecule has 1 unspecified atom stereocenters. The van der Waals surface area contributed by atoms with E-state index in [0.29, 0.717) is 27.5 Å². The fourth-order valence-electron chi connectivity index (χ4n) is 4.05. The van der Waals surface area contributed by atoms with Gasteiger partial charge in [-0.1, -0.05) is 29.8 Å². The number of nitriles is 1. The summed E-state index contributed by atoms with van der Waals surface area (Å²) in [5, 5.41) is 27.5. The van der Waals surface area contributed by atoms with Gasteiger partial charge in [0.1, 0.15) is 0 Å². The molecule has 0 saturated carbocycles. The van der Waals surface area contributed by atoms with Gasteiger partial charge in [-0.05, 0) is 65.9 Å². The van der Waals surface area contributed by atoms with Crippen LogP contribution in [0.4, 0.5) is 0 Å². The highest BCUT2D eigenvalue weighted by molar-refractivity contribution is 6.30. The number of amides is 1. The van der Waals surface area contributed by atoms with Gasteiger partial charge in [-0.25, -0.2) is 4.98 Å². The van der Waals surface area contributed by atoms with Gasteiger partial charge in [0.25, 0.3) is 5.91 Å². The van der Waals surface area contributed by atoms with Crippen LogP contribution in [0, 0.1) is 11.3 Å². The average molecular weight is 456 g/mol. The molecule has 8 heteroatoms. The number of hydrogen-bond donors (Lipinski definition) is 2. The van der Waals surface area contributed by atoms with E-state index in [1.165, 1.54) is 22.6 Å². The van der Waals surface area contributed by atoms with Crippen LogP contribution in [-0.2, 0) is 6.42 Å². The van der Waals surface area contributed by atoms with Gasteiger partial charge in [0.15, 0.2) is 5.82 Å². The summed E-state index contributed by atoms with van der Waals surface area (Å²) in [6.07, 6.45) is 4.71. The molecule has 0 bridgehead atoms. The minimum atomic E-state index is -0.227. The molecule has 2 aromatic heterocycles. The van der Waals surface area contributed by atoms with E-state index in [1.54, 1.807) is 36.4 Å². The monoisotopic (exact) mass is 455 g/mol. The summed E-state index contributed by atoms with van der Waals surface area (Å²) < 4.78 is 1.30. The molecule has 1 aliphatic carbocycles. The number of fused-ring (bicyclic) bond motifs is 1. The summed E-state index contributed by atoms with van der Waals surface area (Å²) in [4.78, 5) is 17.1. The third-order valence-electron chi connectivity index (χ3n) is 5.79. The summed E-state index contributed by atoms with van der Waals surface area (Å²) in [5.74, 6) is 0.0700. The molecule has 1 aliphatic rings. The number of aromatic nitrogens is 3. The lowest BCUT2D eigenvalue weighted by Gasteiger charge is -2.14. The van der Waals surface area contributed by atoms with Gasteiger partial charge in [-0.3, -0.25) is 4.79 Å². The van der Waals surface area contributed by atoms with Crippen LogP contribution in [0.3, 0.4) is 0 Å². The highest BCUT2D eigenvalue weighted by Gasteiger charge is 2.25. The number of nitrogens with one attached hydrogen (secondary N) is 1. The molecule has 0 radical (unpaired) electrons. The van der Waals surface area contributed by atoms with E-state index < -0.39 is 0 Å². The molecule has 1 amide bonds. The van der Waals surface area contributed by atoms with Gasteiger partial charge >= 0.3 is 0 Å². The number of nitrogens with zero attached hydrogens (tertiary/aromatic N) is 4. The minimum absolute atomic E-state index is 0.0798. The molecule has 1 atom stereocenters. The molecule has 0 fully saturated rings. The fraction of sp³-hybridized carbons (Fsp3) is 0.120. The molecule has 0 saturated heterocycles. The van der Waals surface area contributed by atoms with Crippen molar-refractivity contribution in [2.24, 2.45) is 0 Å². The highest BCUT2D eigenvalue weighted by Crippen LogP contribution is 2.33. The lowest BCUT2D eigenvalue weighted by molar-refractivity contribution is 0.0936. The maximum atomic E-state index is 12.8. The first-order valence-corrected chi connectivity index (χ1v) is 10.7. The van der Waals surface area contributed by atoms with Crippen molar-refractivity contribution in [3.63, 3.8) is 0 Å². The third-order valence-corrected chi connectivity index (χ3v) is 6.02. The van der Waals surface area contributed by atoms with Crippen LogP contribution in [0.15, 0.2) is 67.0 Å². The second kappa shape index (κ2) is 8.41. The number of benzene rings is 2. The Hall–Kier alpha value is -4.15. The predicted octanol–water partition coefficient (Wildman–Crippen LogP) is 4.58. The quantitative estimate of drug-likeness (QED) is 0.468. The van der Waals surface area contributed by atoms with E-state index in [0.717, 1.165) is 24.0 Å². The Morgan fingerprint density at radius 1 is 1.15 bits per heavy atom. The lowest BCUT2D eigenvalue weighted by atomic mass is 10.1. The van der Waals surface area contributed by atoms with E-state index in [-0.39, 0.29) is 17.8 Å². The summed E-state index contributed by atoms with van der Waals surface area (Å²) in [7, 11) is 0. The van der Waals surface area contributed by atoms with Crippen molar-refractivity contribution in [3.05, 3.63) is 94.3 Å². The molecule has 0 aliphatic heterocycles. The van der Waals surface area contributed by atoms with Crippen LogP contribution < -0.4 is 5.32 Å². The van der Waals surface area contributed by atoms with Crippen molar-refractivity contribution in [2.75, 3.05) is 0 Å². The van der Waals surface area contributed by atoms with Gasteiger partial charge in [0.05, 0.1) is 35.0 Å². The second-order valence-corrected chi connectivity index (χ2v) is 8.23. The first kappa shape index (κ1) is 20.7. The molecule has 162 valence electrons. The van der Waals surface area contributed by atoms with Crippen LogP contribution in [0.5, 0.6) is 5.88 Å². The molecule has 33 heavy (non-hydrogen) atoms. The van der Waals surface area contributed by atoms with Crippen LogP contribution in [-0.4, -0.2) is 25.8 Å². The van der Waals surface area contributed by atoms with Crippen LogP contribution >= 0.6 is 11.6 Å². The summed E-state index contributed by atoms with van der Waals surface area (Å²) >= 11 is 6.12. The van der Waals surface area contributed by atoms with Crippen molar-refractivity contribution >= 4 is 17.5 Å². The van der Waals surface area contributed by atoms with E-state index >= 15 is 0 Å². The SMILES string of the molecule is N#Cc1ccc(-c2cnn(-c3ccc(C(=O)NC4CCc5ccc(Cl)cc54)cn3)c2O)cc1. The Morgan fingerprint density at radius 2 is 1.97 bits per heavy atom. The Kier molecular flexibility index (Phi) is 5.29. The first-order valence-electron chi connectivity index (χ1n) is 10.4. The number of carbonyl (C=O) groups is 1. The van der Waals surface area contributed by atoms with E-state index in [1.807, 2.05) is 18.2 Å². The zero-order valence-corrected chi connectivity index (χ0v) is 18.1. The maximum Gasteiger partial charge on any atom is 0.253 e. The number of aromatic hydroxyl groups is 1. The van der Waals surface area contributed by atoms with Gasteiger partial charge < -0.3 is 10.4 Å². The van der Waals surface area contributed by atoms with Crippen LogP contribution in [0.1, 0.15) is 39.5 Å². The van der Waals surface area contributed by atoms with Gasteiger partial charge in [0, 0.05) is 11.2 Å². The molecule has 7 nitrogen and oxygen atoms in total. The number of halogens is 1. The minimum Gasteiger partial charge on any atom is -0.493 e. The molecule has 4 aromatic rings. The first-order chi connectivity index (χ1) is 16.0. The lowest BCUT2D eigenvalue weighted by Crippen LogP contribution is -2.27. The summed E-state index contributed by atoms with van der Waals surface area (Å²) in [6, 6.07) is 17.9. The van der Waals surface area contributed by atoms with Crippen molar-refractivity contribution in [2.45, 2.75) is 18.9 Å². The Morgan fingerprint density at radius 3 is 2.70 bits per heavy atom. The number of hydrogen-bond acceptors (Lipinski definition) is 5. The Balaban J connectivity index is 1.33. The van der Waals surface area contributed by atoms with Crippen molar-refractivity contribution in [1.82, 2.24) is 20.1 Å². The topological polar surface area (TPSA) is 104 Å². The van der Waals surface area contributed by atoms with E-state index in [9.17, 15) is 9.90 Å². The van der Waals surface area contributed by atoms with Crippen molar-refractivity contribution in [3.8, 4) is 28.9 Å². The molecule has 0 spiro atoms. The molecular formula is C25H18ClN5O2. The highest BCUT2D eigenvalue weighted by atomic mass is 35.5. The number of aryl methyl sites for hydroxylation is 1. The zero-order valence-electron chi connectivity index (χ0n) is 17.4. The second-order valence-electron chi connectivity index (χ2n) is 7.80. The smallest absolute Gasteiger partial charge is 0.253 e. The summed E-state index contributed by atoms with van der Waals surface area (Å²) in [6.45, 7) is 0. The van der Waals surface area contributed by atoms with Crippen LogP contribution in [0.25, 0.3) is 16.9 Å². The average Bonchev–Trinajstić information content (AvgIpc) is 3.42. The summed E-state index contributed by atoms with van der Waals surface area (Å²) in [5.41, 5.74) is 4.44. The van der Waals surface area contributed by atoms with Crippen LogP contribution in [0.2, 0.25) is 5.02 Å². The number of pyridine rings is 1. The molecule has 5 rings (SSSR count). The molecule has 2 aromatic carbocycles. The number of carbonyl (C=O) groups excluding carboxylic acids is 1. The Bertz CT molecular complexity index is 1390. The van der Waals surface area contributed by atoms with Crippen molar-refractivity contribution in [1.29, 1.82) is 5.26 Å².